The summed E-state index contributed by atoms with van der Waals surface area (Å²) in [6.07, 6.45) is 3.33. The number of carbonyl (C=O) groups is 1. The molecule has 6 rings (SSSR count). The predicted molar refractivity (Wildman–Crippen MR) is 165 cm³/mol. The number of anilines is 2. The maximum absolute atomic E-state index is 14.3. The summed E-state index contributed by atoms with van der Waals surface area (Å²) in [7, 11) is 0. The van der Waals surface area contributed by atoms with Gasteiger partial charge in [0.25, 0.3) is 5.91 Å². The van der Waals surface area contributed by atoms with Crippen LogP contribution < -0.4 is 15.4 Å². The lowest BCUT2D eigenvalue weighted by molar-refractivity contribution is 0.0675. The van der Waals surface area contributed by atoms with Crippen molar-refractivity contribution in [3.8, 4) is 11.5 Å². The number of nitrogens with zero attached hydrogens (tertiary/aromatic N) is 3. The monoisotopic (exact) mass is 565 g/mol. The molecule has 1 aromatic heterocycles. The number of hydrogen-bond donors (Lipinski definition) is 2. The van der Waals surface area contributed by atoms with Crippen LogP contribution in [0, 0.1) is 20.8 Å². The Morgan fingerprint density at radius 1 is 0.927 bits per heavy atom. The molecule has 1 amide bonds. The zero-order valence-corrected chi connectivity index (χ0v) is 24.6. The van der Waals surface area contributed by atoms with Crippen LogP contribution in [0.4, 0.5) is 11.4 Å². The van der Waals surface area contributed by atoms with E-state index in [1.165, 1.54) is 0 Å². The lowest BCUT2D eigenvalue weighted by Crippen LogP contribution is -2.44. The molecule has 0 saturated carbocycles. The number of halogens is 1. The van der Waals surface area contributed by atoms with Crippen molar-refractivity contribution >= 4 is 35.1 Å². The highest BCUT2D eigenvalue weighted by atomic mass is 35.5. The Labute approximate surface area is 245 Å². The van der Waals surface area contributed by atoms with E-state index in [4.69, 9.17) is 21.4 Å². The van der Waals surface area contributed by atoms with Gasteiger partial charge in [-0.2, -0.15) is 5.10 Å². The van der Waals surface area contributed by atoms with Crippen LogP contribution in [0.2, 0.25) is 5.15 Å². The Morgan fingerprint density at radius 3 is 2.15 bits per heavy atom. The predicted octanol–water partition coefficient (Wildman–Crippen LogP) is 7.41. The Hall–Kier alpha value is -4.36. The van der Waals surface area contributed by atoms with Crippen LogP contribution in [-0.4, -0.2) is 35.2 Å². The molecule has 2 N–H and O–H groups in total. The molecule has 0 radical (unpaired) electrons. The molecule has 0 atom stereocenters. The lowest BCUT2D eigenvalue weighted by Gasteiger charge is -2.42. The third-order valence-corrected chi connectivity index (χ3v) is 8.08. The van der Waals surface area contributed by atoms with Gasteiger partial charge in [-0.25, -0.2) is 9.99 Å². The Morgan fingerprint density at radius 2 is 1.54 bits per heavy atom. The van der Waals surface area contributed by atoms with E-state index < -0.39 is 5.54 Å². The van der Waals surface area contributed by atoms with Gasteiger partial charge in [-0.05, 0) is 75.6 Å². The fraction of sp³-hybridized carbons (Fsp3) is 0.242. The van der Waals surface area contributed by atoms with Gasteiger partial charge in [0.05, 0.1) is 6.21 Å². The third kappa shape index (κ3) is 4.15. The smallest absolute Gasteiger partial charge is 0.275 e. The second-order valence-corrected chi connectivity index (χ2v) is 10.9. The quantitative estimate of drug-likeness (QED) is 0.188. The number of hydrogen-bond acceptors (Lipinski definition) is 6. The number of aromatic nitrogens is 1. The van der Waals surface area contributed by atoms with E-state index in [-0.39, 0.29) is 5.91 Å². The number of nitrogens with one attached hydrogen (secondary N) is 2. The molecule has 0 bridgehead atoms. The Balaban J connectivity index is 1.69. The normalized spacial score (nSPS) is 14.6. The summed E-state index contributed by atoms with van der Waals surface area (Å²) < 4.78 is 6.64. The second-order valence-electron chi connectivity index (χ2n) is 10.5. The van der Waals surface area contributed by atoms with E-state index in [0.717, 1.165) is 57.8 Å². The maximum Gasteiger partial charge on any atom is 0.275 e. The molecule has 2 aliphatic rings. The number of benzene rings is 3. The summed E-state index contributed by atoms with van der Waals surface area (Å²) in [5, 5.41) is 13.7. The zero-order valence-electron chi connectivity index (χ0n) is 23.8. The van der Waals surface area contributed by atoms with E-state index in [1.54, 1.807) is 17.4 Å². The number of rotatable bonds is 6. The summed E-state index contributed by atoms with van der Waals surface area (Å²) in [6, 6.07) is 17.9. The highest BCUT2D eigenvalue weighted by Crippen LogP contribution is 2.59. The molecule has 7 nitrogen and oxygen atoms in total. The number of fused-ring (bicyclic) bond motifs is 6. The van der Waals surface area contributed by atoms with Crippen LogP contribution in [0.1, 0.15) is 63.1 Å². The van der Waals surface area contributed by atoms with Crippen molar-refractivity contribution in [2.45, 2.75) is 40.2 Å². The van der Waals surface area contributed by atoms with Crippen molar-refractivity contribution in [2.24, 2.45) is 5.10 Å². The molecular weight excluding hydrogens is 534 g/mol. The minimum absolute atomic E-state index is 0.200. The van der Waals surface area contributed by atoms with E-state index in [2.05, 4.69) is 55.4 Å². The number of carbonyl (C=O) groups excluding carboxylic acids is 1. The van der Waals surface area contributed by atoms with Crippen LogP contribution in [0.25, 0.3) is 0 Å². The summed E-state index contributed by atoms with van der Waals surface area (Å²) in [6.45, 7) is 11.7. The highest BCUT2D eigenvalue weighted by Gasteiger charge is 2.57. The molecule has 2 aliphatic heterocycles. The molecule has 0 fully saturated rings. The van der Waals surface area contributed by atoms with E-state index in [0.29, 0.717) is 27.8 Å². The zero-order chi connectivity index (χ0) is 28.9. The maximum atomic E-state index is 14.3. The number of hydrazone groups is 1. The topological polar surface area (TPSA) is 78.9 Å². The molecule has 0 aliphatic carbocycles. The summed E-state index contributed by atoms with van der Waals surface area (Å²) in [5.74, 6) is 1.14. The van der Waals surface area contributed by atoms with Gasteiger partial charge in [0.1, 0.15) is 22.2 Å². The first kappa shape index (κ1) is 26.8. The van der Waals surface area contributed by atoms with Crippen molar-refractivity contribution in [3.63, 3.8) is 0 Å². The van der Waals surface area contributed by atoms with E-state index in [9.17, 15) is 4.79 Å². The first-order valence-corrected chi connectivity index (χ1v) is 14.2. The highest BCUT2D eigenvalue weighted by molar-refractivity contribution is 6.31. The van der Waals surface area contributed by atoms with Gasteiger partial charge in [0, 0.05) is 70.6 Å². The van der Waals surface area contributed by atoms with Gasteiger partial charge in [0.15, 0.2) is 0 Å². The summed E-state index contributed by atoms with van der Waals surface area (Å²) in [5.41, 5.74) is 7.72. The third-order valence-electron chi connectivity index (χ3n) is 7.76. The fourth-order valence-electron chi connectivity index (χ4n) is 5.94. The molecule has 8 heteroatoms. The minimum atomic E-state index is -1.07. The molecule has 3 aromatic carbocycles. The molecule has 0 unspecified atom stereocenters. The number of ether oxygens (including phenoxy) is 1. The summed E-state index contributed by atoms with van der Waals surface area (Å²) >= 11 is 6.44. The van der Waals surface area contributed by atoms with Crippen LogP contribution in [0.15, 0.2) is 65.9 Å². The molecule has 1 spiro atoms. The first-order valence-electron chi connectivity index (χ1n) is 13.9. The van der Waals surface area contributed by atoms with Gasteiger partial charge >= 0.3 is 0 Å². The SMILES string of the molecule is CCNc1cc2c(cc1C)C1(c3cc(C)c(NCC)cc3O2)c2ccccc2C(=O)N1/N=C/c1cc(C)cnc1Cl. The van der Waals surface area contributed by atoms with Gasteiger partial charge in [-0.3, -0.25) is 4.79 Å². The van der Waals surface area contributed by atoms with Gasteiger partial charge in [0.2, 0.25) is 0 Å². The van der Waals surface area contributed by atoms with Crippen LogP contribution in [-0.2, 0) is 5.54 Å². The molecule has 208 valence electrons. The minimum Gasteiger partial charge on any atom is -0.456 e. The van der Waals surface area contributed by atoms with Gasteiger partial charge < -0.3 is 15.4 Å². The van der Waals surface area contributed by atoms with Crippen LogP contribution in [0.3, 0.4) is 0 Å². The lowest BCUT2D eigenvalue weighted by atomic mass is 9.74. The number of pyridine rings is 1. The number of aryl methyl sites for hydroxylation is 3. The fourth-order valence-corrected chi connectivity index (χ4v) is 6.10. The first-order chi connectivity index (χ1) is 19.8. The molecular formula is C33H32ClN5O2. The molecule has 41 heavy (non-hydrogen) atoms. The van der Waals surface area contributed by atoms with Gasteiger partial charge in [-0.15, -0.1) is 0 Å². The number of amides is 1. The van der Waals surface area contributed by atoms with Crippen molar-refractivity contribution < 1.29 is 9.53 Å². The van der Waals surface area contributed by atoms with Crippen molar-refractivity contribution in [2.75, 3.05) is 23.7 Å². The standard InChI is InChI=1S/C33H32ClN5O2/c1-6-35-27-15-29-25(13-20(27)4)33(26-14-21(5)28(36-7-2)16-30(26)41-29)24-11-9-8-10-23(24)32(40)39(33)38-18-22-12-19(3)17-37-31(22)34/h8-18,35-36H,6-7H2,1-5H3/b38-18+. The average molecular weight is 566 g/mol. The molecule has 0 saturated heterocycles. The Bertz CT molecular complexity index is 1670. The van der Waals surface area contributed by atoms with Crippen molar-refractivity contribution in [1.29, 1.82) is 0 Å². The van der Waals surface area contributed by atoms with Gasteiger partial charge in [-0.1, -0.05) is 29.8 Å². The summed E-state index contributed by atoms with van der Waals surface area (Å²) in [4.78, 5) is 18.5. The molecule has 4 aromatic rings. The van der Waals surface area contributed by atoms with Crippen molar-refractivity contribution in [3.05, 3.63) is 110 Å². The van der Waals surface area contributed by atoms with Crippen LogP contribution >= 0.6 is 11.6 Å². The second kappa shape index (κ2) is 10.2. The van der Waals surface area contributed by atoms with E-state index >= 15 is 0 Å². The van der Waals surface area contributed by atoms with Crippen LogP contribution in [0.5, 0.6) is 11.5 Å². The van der Waals surface area contributed by atoms with E-state index in [1.807, 2.05) is 49.4 Å². The van der Waals surface area contributed by atoms with Crippen molar-refractivity contribution in [1.82, 2.24) is 9.99 Å². The Kier molecular flexibility index (Phi) is 6.70. The molecule has 3 heterocycles. The average Bonchev–Trinajstić information content (AvgIpc) is 3.20. The largest absolute Gasteiger partial charge is 0.456 e.